The summed E-state index contributed by atoms with van der Waals surface area (Å²) in [5.41, 5.74) is 1.89. The minimum Gasteiger partial charge on any atom is -0.480 e. The zero-order valence-electron chi connectivity index (χ0n) is 14.1. The number of hydrogen-bond donors (Lipinski definition) is 1. The van der Waals surface area contributed by atoms with Crippen molar-refractivity contribution in [3.63, 3.8) is 0 Å². The maximum absolute atomic E-state index is 14.1. The van der Waals surface area contributed by atoms with E-state index in [0.717, 1.165) is 49.9 Å². The summed E-state index contributed by atoms with van der Waals surface area (Å²) >= 11 is 0. The van der Waals surface area contributed by atoms with Gasteiger partial charge in [-0.2, -0.15) is 0 Å². The molecule has 1 aromatic carbocycles. The van der Waals surface area contributed by atoms with Crippen LogP contribution in [0.3, 0.4) is 0 Å². The lowest BCUT2D eigenvalue weighted by Crippen LogP contribution is -2.36. The molecular formula is C18H27FN2O2. The Morgan fingerprint density at radius 2 is 2.17 bits per heavy atom. The summed E-state index contributed by atoms with van der Waals surface area (Å²) in [7, 11) is 1.88. The van der Waals surface area contributed by atoms with Gasteiger partial charge in [-0.1, -0.05) is 19.1 Å². The third-order valence-electron chi connectivity index (χ3n) is 4.78. The molecule has 128 valence electrons. The van der Waals surface area contributed by atoms with Crippen molar-refractivity contribution >= 4 is 5.97 Å². The van der Waals surface area contributed by atoms with Gasteiger partial charge in [0.2, 0.25) is 0 Å². The van der Waals surface area contributed by atoms with Crippen LogP contribution in [0.25, 0.3) is 0 Å². The molecule has 1 aliphatic heterocycles. The highest BCUT2D eigenvalue weighted by molar-refractivity contribution is 5.69. The minimum absolute atomic E-state index is 0.0813. The Kier molecular flexibility index (Phi) is 6.54. The predicted molar refractivity (Wildman–Crippen MR) is 89.0 cm³/mol. The van der Waals surface area contributed by atoms with E-state index in [-0.39, 0.29) is 12.4 Å². The van der Waals surface area contributed by atoms with E-state index in [2.05, 4.69) is 11.8 Å². The van der Waals surface area contributed by atoms with Crippen molar-refractivity contribution in [2.24, 2.45) is 0 Å². The van der Waals surface area contributed by atoms with E-state index in [1.54, 1.807) is 6.07 Å². The second kappa shape index (κ2) is 8.41. The Bertz CT molecular complexity index is 536. The summed E-state index contributed by atoms with van der Waals surface area (Å²) < 4.78 is 14.1. The molecule has 1 atom stereocenters. The largest absolute Gasteiger partial charge is 0.480 e. The lowest BCUT2D eigenvalue weighted by Gasteiger charge is -2.26. The Labute approximate surface area is 137 Å². The number of benzene rings is 1. The molecule has 1 fully saturated rings. The van der Waals surface area contributed by atoms with Crippen LogP contribution in [0.5, 0.6) is 0 Å². The SMILES string of the molecule is CCc1cccc(F)c1CN1CCCC(N(C)CC(=O)O)CC1. The lowest BCUT2D eigenvalue weighted by atomic mass is 10.0. The van der Waals surface area contributed by atoms with Gasteiger partial charge in [-0.05, 0) is 57.5 Å². The van der Waals surface area contributed by atoms with Gasteiger partial charge in [0.1, 0.15) is 5.82 Å². The highest BCUT2D eigenvalue weighted by Crippen LogP contribution is 2.21. The molecule has 1 N–H and O–H groups in total. The maximum Gasteiger partial charge on any atom is 0.317 e. The number of carbonyl (C=O) groups is 1. The Balaban J connectivity index is 1.97. The second-order valence-electron chi connectivity index (χ2n) is 6.40. The number of carboxylic acids is 1. The van der Waals surface area contributed by atoms with Crippen LogP contribution in [0.15, 0.2) is 18.2 Å². The van der Waals surface area contributed by atoms with E-state index in [1.165, 1.54) is 6.07 Å². The smallest absolute Gasteiger partial charge is 0.317 e. The van der Waals surface area contributed by atoms with Crippen LogP contribution in [0.1, 0.15) is 37.3 Å². The van der Waals surface area contributed by atoms with Crippen molar-refractivity contribution < 1.29 is 14.3 Å². The molecule has 5 heteroatoms. The van der Waals surface area contributed by atoms with Crippen LogP contribution in [-0.4, -0.2) is 53.6 Å². The van der Waals surface area contributed by atoms with Gasteiger partial charge >= 0.3 is 5.97 Å². The molecule has 1 aromatic rings. The summed E-state index contributed by atoms with van der Waals surface area (Å²) in [5.74, 6) is -0.902. The van der Waals surface area contributed by atoms with Crippen molar-refractivity contribution in [1.82, 2.24) is 9.80 Å². The molecule has 0 spiro atoms. The molecule has 4 nitrogen and oxygen atoms in total. The number of carboxylic acid groups (broad SMARTS) is 1. The summed E-state index contributed by atoms with van der Waals surface area (Å²) in [6.45, 7) is 4.60. The Hall–Kier alpha value is -1.46. The second-order valence-corrected chi connectivity index (χ2v) is 6.40. The molecule has 0 amide bonds. The summed E-state index contributed by atoms with van der Waals surface area (Å²) in [5, 5.41) is 8.93. The van der Waals surface area contributed by atoms with Gasteiger partial charge < -0.3 is 5.11 Å². The van der Waals surface area contributed by atoms with E-state index in [1.807, 2.05) is 18.0 Å². The van der Waals surface area contributed by atoms with Crippen LogP contribution in [0, 0.1) is 5.82 Å². The maximum atomic E-state index is 14.1. The van der Waals surface area contributed by atoms with Crippen molar-refractivity contribution in [3.05, 3.63) is 35.1 Å². The zero-order chi connectivity index (χ0) is 16.8. The first-order valence-electron chi connectivity index (χ1n) is 8.42. The van der Waals surface area contributed by atoms with Crippen LogP contribution >= 0.6 is 0 Å². The standard InChI is InChI=1S/C18H27FN2O2/c1-3-14-6-4-8-17(19)16(14)12-21-10-5-7-15(9-11-21)20(2)13-18(22)23/h4,6,8,15H,3,5,7,9-13H2,1-2H3,(H,22,23). The van der Waals surface area contributed by atoms with Gasteiger partial charge in [0.25, 0.3) is 0 Å². The number of nitrogens with zero attached hydrogens (tertiary/aromatic N) is 2. The monoisotopic (exact) mass is 322 g/mol. The summed E-state index contributed by atoms with van der Waals surface area (Å²) in [6, 6.07) is 5.61. The van der Waals surface area contributed by atoms with Gasteiger partial charge in [0.05, 0.1) is 6.54 Å². The fourth-order valence-electron chi connectivity index (χ4n) is 3.41. The molecule has 0 radical (unpaired) electrons. The normalized spacial score (nSPS) is 19.7. The first kappa shape index (κ1) is 17.9. The first-order valence-corrected chi connectivity index (χ1v) is 8.42. The van der Waals surface area contributed by atoms with Gasteiger partial charge in [-0.15, -0.1) is 0 Å². The fourth-order valence-corrected chi connectivity index (χ4v) is 3.41. The number of likely N-dealkylation sites (N-methyl/N-ethyl adjacent to an activating group) is 1. The molecule has 1 heterocycles. The topological polar surface area (TPSA) is 43.8 Å². The van der Waals surface area contributed by atoms with Gasteiger partial charge in [0.15, 0.2) is 0 Å². The molecule has 1 saturated heterocycles. The van der Waals surface area contributed by atoms with E-state index in [4.69, 9.17) is 5.11 Å². The minimum atomic E-state index is -0.785. The lowest BCUT2D eigenvalue weighted by molar-refractivity contribution is -0.138. The van der Waals surface area contributed by atoms with Crippen LogP contribution < -0.4 is 0 Å². The summed E-state index contributed by atoms with van der Waals surface area (Å²) in [4.78, 5) is 15.1. The molecule has 2 rings (SSSR count). The van der Waals surface area contributed by atoms with Crippen molar-refractivity contribution in [2.75, 3.05) is 26.7 Å². The van der Waals surface area contributed by atoms with Crippen LogP contribution in [0.4, 0.5) is 4.39 Å². The zero-order valence-corrected chi connectivity index (χ0v) is 14.1. The van der Waals surface area contributed by atoms with Gasteiger partial charge in [-0.25, -0.2) is 4.39 Å². The Morgan fingerprint density at radius 1 is 1.39 bits per heavy atom. The van der Waals surface area contributed by atoms with Crippen molar-refractivity contribution in [1.29, 1.82) is 0 Å². The highest BCUT2D eigenvalue weighted by Gasteiger charge is 2.22. The number of likely N-dealkylation sites (tertiary alicyclic amines) is 1. The van der Waals surface area contributed by atoms with E-state index in [0.29, 0.717) is 12.6 Å². The molecule has 1 unspecified atom stereocenters. The van der Waals surface area contributed by atoms with Gasteiger partial charge in [-0.3, -0.25) is 14.6 Å². The third-order valence-corrected chi connectivity index (χ3v) is 4.78. The number of aryl methyl sites for hydroxylation is 1. The Morgan fingerprint density at radius 3 is 2.87 bits per heavy atom. The molecule has 0 aliphatic carbocycles. The first-order chi connectivity index (χ1) is 11.0. The van der Waals surface area contributed by atoms with Crippen LogP contribution in [0.2, 0.25) is 0 Å². The number of hydrogen-bond acceptors (Lipinski definition) is 3. The average molecular weight is 322 g/mol. The van der Waals surface area contributed by atoms with E-state index >= 15 is 0 Å². The van der Waals surface area contributed by atoms with E-state index < -0.39 is 5.97 Å². The van der Waals surface area contributed by atoms with Gasteiger partial charge in [0, 0.05) is 18.2 Å². The fraction of sp³-hybridized carbons (Fsp3) is 0.611. The number of rotatable bonds is 6. The molecule has 0 saturated carbocycles. The molecule has 1 aliphatic rings. The number of aliphatic carboxylic acids is 1. The number of halogens is 1. The quantitative estimate of drug-likeness (QED) is 0.875. The molecular weight excluding hydrogens is 295 g/mol. The highest BCUT2D eigenvalue weighted by atomic mass is 19.1. The van der Waals surface area contributed by atoms with Crippen molar-refractivity contribution in [3.8, 4) is 0 Å². The van der Waals surface area contributed by atoms with Crippen LogP contribution in [-0.2, 0) is 17.8 Å². The molecule has 23 heavy (non-hydrogen) atoms. The molecule has 0 bridgehead atoms. The van der Waals surface area contributed by atoms with E-state index in [9.17, 15) is 9.18 Å². The predicted octanol–water partition coefficient (Wildman–Crippen LogP) is 2.76. The molecule has 0 aromatic heterocycles. The average Bonchev–Trinajstić information content (AvgIpc) is 2.74. The van der Waals surface area contributed by atoms with Crippen molar-refractivity contribution in [2.45, 2.75) is 45.2 Å². The third kappa shape index (κ3) is 5.01. The summed E-state index contributed by atoms with van der Waals surface area (Å²) in [6.07, 6.45) is 3.79.